The van der Waals surface area contributed by atoms with Crippen molar-refractivity contribution < 1.29 is 4.79 Å². The summed E-state index contributed by atoms with van der Waals surface area (Å²) in [6, 6.07) is 13.4. The largest absolute Gasteiger partial charge is 0.340 e. The van der Waals surface area contributed by atoms with Crippen LogP contribution in [0.1, 0.15) is 21.9 Å². The van der Waals surface area contributed by atoms with Gasteiger partial charge in [-0.05, 0) is 44.2 Å². The number of nitrogens with zero attached hydrogens (tertiary/aromatic N) is 5. The van der Waals surface area contributed by atoms with Crippen molar-refractivity contribution in [2.75, 3.05) is 5.32 Å². The molecule has 1 amide bonds. The van der Waals surface area contributed by atoms with E-state index >= 15 is 0 Å². The molecule has 0 aliphatic heterocycles. The summed E-state index contributed by atoms with van der Waals surface area (Å²) in [7, 11) is 1.87. The quantitative estimate of drug-likeness (QED) is 0.607. The Labute approximate surface area is 156 Å². The zero-order chi connectivity index (χ0) is 19.0. The van der Waals surface area contributed by atoms with Crippen LogP contribution in [0.3, 0.4) is 0 Å². The highest BCUT2D eigenvalue weighted by Gasteiger charge is 2.16. The van der Waals surface area contributed by atoms with Crippen molar-refractivity contribution in [3.63, 3.8) is 0 Å². The second-order valence-corrected chi connectivity index (χ2v) is 6.35. The minimum atomic E-state index is -0.274. The normalized spacial score (nSPS) is 10.9. The average molecular weight is 358 g/mol. The maximum Gasteiger partial charge on any atom is 0.274 e. The SMILES string of the molecule is Cc1ccc2c(c1)cc(C(=O)Nc1nc(C)nc(-c3ccccn3)n1)n2C. The molecule has 1 aromatic carbocycles. The first kappa shape index (κ1) is 16.8. The van der Waals surface area contributed by atoms with E-state index in [1.165, 1.54) is 0 Å². The molecular formula is C20H18N6O. The number of amides is 1. The van der Waals surface area contributed by atoms with E-state index in [0.29, 0.717) is 23.0 Å². The van der Waals surface area contributed by atoms with Gasteiger partial charge in [0.25, 0.3) is 5.91 Å². The Morgan fingerprint density at radius 3 is 2.67 bits per heavy atom. The van der Waals surface area contributed by atoms with E-state index in [0.717, 1.165) is 16.5 Å². The average Bonchev–Trinajstić information content (AvgIpc) is 2.98. The first-order valence-corrected chi connectivity index (χ1v) is 8.53. The molecule has 0 atom stereocenters. The van der Waals surface area contributed by atoms with Crippen molar-refractivity contribution >= 4 is 22.8 Å². The van der Waals surface area contributed by atoms with E-state index in [1.807, 2.05) is 54.9 Å². The lowest BCUT2D eigenvalue weighted by Crippen LogP contribution is -2.18. The van der Waals surface area contributed by atoms with Crippen LogP contribution in [0.25, 0.3) is 22.4 Å². The number of carbonyl (C=O) groups excluding carboxylic acids is 1. The lowest BCUT2D eigenvalue weighted by molar-refractivity contribution is 0.101. The van der Waals surface area contributed by atoms with Gasteiger partial charge in [0.15, 0.2) is 5.82 Å². The van der Waals surface area contributed by atoms with Crippen LogP contribution in [0.4, 0.5) is 5.95 Å². The van der Waals surface area contributed by atoms with Gasteiger partial charge in [-0.1, -0.05) is 17.7 Å². The summed E-state index contributed by atoms with van der Waals surface area (Å²) < 4.78 is 1.86. The molecule has 0 saturated carbocycles. The number of aromatic nitrogens is 5. The maximum atomic E-state index is 12.8. The third-order valence-electron chi connectivity index (χ3n) is 4.30. The molecule has 0 bridgehead atoms. The fourth-order valence-corrected chi connectivity index (χ4v) is 3.00. The zero-order valence-electron chi connectivity index (χ0n) is 15.3. The number of nitrogens with one attached hydrogen (secondary N) is 1. The zero-order valence-corrected chi connectivity index (χ0v) is 15.3. The van der Waals surface area contributed by atoms with Crippen LogP contribution in [0, 0.1) is 13.8 Å². The molecule has 7 nitrogen and oxygen atoms in total. The molecule has 0 radical (unpaired) electrons. The molecular weight excluding hydrogens is 340 g/mol. The molecule has 3 aromatic heterocycles. The summed E-state index contributed by atoms with van der Waals surface area (Å²) in [5.74, 6) is 0.859. The summed E-state index contributed by atoms with van der Waals surface area (Å²) >= 11 is 0. The van der Waals surface area contributed by atoms with Gasteiger partial charge in [-0.25, -0.2) is 4.98 Å². The van der Waals surface area contributed by atoms with Crippen molar-refractivity contribution in [3.8, 4) is 11.5 Å². The van der Waals surface area contributed by atoms with Crippen molar-refractivity contribution in [1.82, 2.24) is 24.5 Å². The number of pyridine rings is 1. The van der Waals surface area contributed by atoms with Gasteiger partial charge >= 0.3 is 0 Å². The number of fused-ring (bicyclic) bond motifs is 1. The van der Waals surface area contributed by atoms with Gasteiger partial charge in [0.2, 0.25) is 5.95 Å². The van der Waals surface area contributed by atoms with E-state index in [1.54, 1.807) is 13.1 Å². The number of anilines is 1. The molecule has 7 heteroatoms. The van der Waals surface area contributed by atoms with E-state index in [-0.39, 0.29) is 11.9 Å². The Balaban J connectivity index is 1.67. The third kappa shape index (κ3) is 3.27. The molecule has 0 fully saturated rings. The molecule has 0 unspecified atom stereocenters. The summed E-state index contributed by atoms with van der Waals surface area (Å²) in [5.41, 5.74) is 3.30. The van der Waals surface area contributed by atoms with Crippen LogP contribution >= 0.6 is 0 Å². The molecule has 0 saturated heterocycles. The highest BCUT2D eigenvalue weighted by Crippen LogP contribution is 2.21. The maximum absolute atomic E-state index is 12.8. The summed E-state index contributed by atoms with van der Waals surface area (Å²) in [6.45, 7) is 3.78. The predicted molar refractivity (Wildman–Crippen MR) is 103 cm³/mol. The van der Waals surface area contributed by atoms with Gasteiger partial charge < -0.3 is 4.57 Å². The van der Waals surface area contributed by atoms with E-state index in [2.05, 4.69) is 31.3 Å². The molecule has 0 aliphatic carbocycles. The van der Waals surface area contributed by atoms with Crippen molar-refractivity contribution in [2.24, 2.45) is 7.05 Å². The molecule has 27 heavy (non-hydrogen) atoms. The topological polar surface area (TPSA) is 85.6 Å². The Morgan fingerprint density at radius 1 is 1.04 bits per heavy atom. The number of hydrogen-bond donors (Lipinski definition) is 1. The summed E-state index contributed by atoms with van der Waals surface area (Å²) in [4.78, 5) is 29.9. The number of rotatable bonds is 3. The predicted octanol–water partition coefficient (Wildman–Crippen LogP) is 3.29. The van der Waals surface area contributed by atoms with E-state index < -0.39 is 0 Å². The fraction of sp³-hybridized carbons (Fsp3) is 0.150. The minimum Gasteiger partial charge on any atom is -0.340 e. The molecule has 4 rings (SSSR count). The molecule has 0 aliphatic rings. The lowest BCUT2D eigenvalue weighted by atomic mass is 10.2. The van der Waals surface area contributed by atoms with Gasteiger partial charge in [-0.2, -0.15) is 9.97 Å². The number of aryl methyl sites for hydroxylation is 3. The molecule has 4 aromatic rings. The Hall–Kier alpha value is -3.61. The van der Waals surface area contributed by atoms with Crippen molar-refractivity contribution in [2.45, 2.75) is 13.8 Å². The van der Waals surface area contributed by atoms with E-state index in [4.69, 9.17) is 0 Å². The van der Waals surface area contributed by atoms with Crippen LogP contribution in [-0.2, 0) is 7.05 Å². The first-order chi connectivity index (χ1) is 13.0. The van der Waals surface area contributed by atoms with Gasteiger partial charge in [-0.15, -0.1) is 0 Å². The van der Waals surface area contributed by atoms with Crippen LogP contribution < -0.4 is 5.32 Å². The highest BCUT2D eigenvalue weighted by atomic mass is 16.2. The van der Waals surface area contributed by atoms with Crippen molar-refractivity contribution in [3.05, 3.63) is 65.7 Å². The van der Waals surface area contributed by atoms with E-state index in [9.17, 15) is 4.79 Å². The monoisotopic (exact) mass is 358 g/mol. The second-order valence-electron chi connectivity index (χ2n) is 6.35. The second kappa shape index (κ2) is 6.60. The first-order valence-electron chi connectivity index (χ1n) is 8.53. The van der Waals surface area contributed by atoms with Crippen molar-refractivity contribution in [1.29, 1.82) is 0 Å². The Bertz CT molecular complexity index is 1150. The summed E-state index contributed by atoms with van der Waals surface area (Å²) in [5, 5.41) is 3.79. The molecule has 0 spiro atoms. The third-order valence-corrected chi connectivity index (χ3v) is 4.30. The van der Waals surface area contributed by atoms with Crippen LogP contribution in [0.2, 0.25) is 0 Å². The van der Waals surface area contributed by atoms with Crippen LogP contribution in [0.15, 0.2) is 48.7 Å². The lowest BCUT2D eigenvalue weighted by Gasteiger charge is -2.07. The summed E-state index contributed by atoms with van der Waals surface area (Å²) in [6.07, 6.45) is 1.67. The van der Waals surface area contributed by atoms with Gasteiger partial charge in [0, 0.05) is 24.1 Å². The molecule has 1 N–H and O–H groups in total. The smallest absolute Gasteiger partial charge is 0.274 e. The van der Waals surface area contributed by atoms with Crippen LogP contribution in [0.5, 0.6) is 0 Å². The highest BCUT2D eigenvalue weighted by molar-refractivity contribution is 6.05. The van der Waals surface area contributed by atoms with Gasteiger partial charge in [0.1, 0.15) is 17.2 Å². The minimum absolute atomic E-state index is 0.203. The van der Waals surface area contributed by atoms with Gasteiger partial charge in [0.05, 0.1) is 0 Å². The number of carbonyl (C=O) groups is 1. The van der Waals surface area contributed by atoms with Crippen LogP contribution in [-0.4, -0.2) is 30.4 Å². The Kier molecular flexibility index (Phi) is 4.12. The fourth-order valence-electron chi connectivity index (χ4n) is 3.00. The molecule has 3 heterocycles. The Morgan fingerprint density at radius 2 is 1.89 bits per heavy atom. The number of hydrogen-bond acceptors (Lipinski definition) is 5. The number of benzene rings is 1. The standard InChI is InChI=1S/C20H18N6O/c1-12-7-8-16-14(10-12)11-17(26(16)3)19(27)25-20-23-13(2)22-18(24-20)15-6-4-5-9-21-15/h4-11H,1-3H3,(H,22,23,24,25,27). The van der Waals surface area contributed by atoms with Gasteiger partial charge in [-0.3, -0.25) is 15.1 Å². The molecule has 134 valence electrons.